The van der Waals surface area contributed by atoms with E-state index in [0.29, 0.717) is 0 Å². The third-order valence-corrected chi connectivity index (χ3v) is 4.34. The summed E-state index contributed by atoms with van der Waals surface area (Å²) in [7, 11) is 0. The van der Waals surface area contributed by atoms with Crippen LogP contribution in [0.4, 0.5) is 0 Å². The summed E-state index contributed by atoms with van der Waals surface area (Å²) < 4.78 is 2.31. The number of nitrogens with zero attached hydrogens (tertiary/aromatic N) is 2. The summed E-state index contributed by atoms with van der Waals surface area (Å²) in [6.07, 6.45) is 8.95. The second kappa shape index (κ2) is 6.90. The Balaban J connectivity index is 1.58. The summed E-state index contributed by atoms with van der Waals surface area (Å²) in [5.41, 5.74) is 3.98. The molecule has 1 N–H and O–H groups in total. The summed E-state index contributed by atoms with van der Waals surface area (Å²) >= 11 is 0. The standard InChI is InChI=1S/C18H25N3/c1-2-21-17-11-7-6-10-16(17)20-18(21)14-19-13-12-15-8-4-3-5-9-15/h6-8,10-11,19H,2-5,9,12-14H2,1H3. The Kier molecular flexibility index (Phi) is 4.71. The van der Waals surface area contributed by atoms with Crippen LogP contribution in [0.3, 0.4) is 0 Å². The molecule has 3 rings (SSSR count). The van der Waals surface area contributed by atoms with Crippen LogP contribution in [0, 0.1) is 0 Å². The van der Waals surface area contributed by atoms with Crippen LogP contribution in [0.2, 0.25) is 0 Å². The molecule has 1 aromatic heterocycles. The van der Waals surface area contributed by atoms with Crippen LogP contribution in [0.1, 0.15) is 44.9 Å². The van der Waals surface area contributed by atoms with Crippen molar-refractivity contribution < 1.29 is 0 Å². The number of imidazole rings is 1. The zero-order valence-electron chi connectivity index (χ0n) is 12.9. The van der Waals surface area contributed by atoms with E-state index in [-0.39, 0.29) is 0 Å². The van der Waals surface area contributed by atoms with E-state index < -0.39 is 0 Å². The largest absolute Gasteiger partial charge is 0.327 e. The number of nitrogens with one attached hydrogen (secondary N) is 1. The van der Waals surface area contributed by atoms with Crippen molar-refractivity contribution in [1.29, 1.82) is 0 Å². The highest BCUT2D eigenvalue weighted by Gasteiger charge is 2.08. The van der Waals surface area contributed by atoms with Gasteiger partial charge in [0.05, 0.1) is 17.6 Å². The van der Waals surface area contributed by atoms with Crippen LogP contribution in [0.5, 0.6) is 0 Å². The molecule has 0 amide bonds. The first kappa shape index (κ1) is 14.3. The molecule has 0 saturated carbocycles. The van der Waals surface area contributed by atoms with Gasteiger partial charge in [-0.25, -0.2) is 4.98 Å². The van der Waals surface area contributed by atoms with Crippen LogP contribution in [0.25, 0.3) is 11.0 Å². The van der Waals surface area contributed by atoms with Crippen molar-refractivity contribution in [3.63, 3.8) is 0 Å². The fourth-order valence-corrected chi connectivity index (χ4v) is 3.19. The third-order valence-electron chi connectivity index (χ3n) is 4.34. The number of allylic oxidation sites excluding steroid dienone is 1. The maximum Gasteiger partial charge on any atom is 0.123 e. The number of para-hydroxylation sites is 2. The molecule has 1 aliphatic carbocycles. The molecule has 1 aromatic carbocycles. The number of benzene rings is 1. The number of hydrogen-bond donors (Lipinski definition) is 1. The molecule has 1 heterocycles. The highest BCUT2D eigenvalue weighted by atomic mass is 15.1. The van der Waals surface area contributed by atoms with Crippen molar-refractivity contribution in [2.45, 2.75) is 52.1 Å². The second-order valence-electron chi connectivity index (χ2n) is 5.80. The van der Waals surface area contributed by atoms with Crippen LogP contribution in [-0.2, 0) is 13.1 Å². The van der Waals surface area contributed by atoms with E-state index in [0.717, 1.165) is 31.0 Å². The summed E-state index contributed by atoms with van der Waals surface area (Å²) in [5, 5.41) is 3.56. The minimum Gasteiger partial charge on any atom is -0.327 e. The van der Waals surface area contributed by atoms with E-state index in [9.17, 15) is 0 Å². The first-order chi connectivity index (χ1) is 10.4. The Morgan fingerprint density at radius 3 is 2.95 bits per heavy atom. The molecule has 0 aliphatic heterocycles. The first-order valence-electron chi connectivity index (χ1n) is 8.21. The van der Waals surface area contributed by atoms with E-state index in [1.54, 1.807) is 5.57 Å². The third kappa shape index (κ3) is 3.35. The average Bonchev–Trinajstić information content (AvgIpc) is 2.90. The highest BCUT2D eigenvalue weighted by Crippen LogP contribution is 2.19. The Hall–Kier alpha value is -1.61. The molecule has 3 nitrogen and oxygen atoms in total. The average molecular weight is 283 g/mol. The Bertz CT molecular complexity index is 624. The molecule has 0 unspecified atom stereocenters. The molecule has 112 valence electrons. The van der Waals surface area contributed by atoms with Gasteiger partial charge in [0.25, 0.3) is 0 Å². The van der Waals surface area contributed by atoms with Gasteiger partial charge in [0.15, 0.2) is 0 Å². The number of aromatic nitrogens is 2. The summed E-state index contributed by atoms with van der Waals surface area (Å²) in [5.74, 6) is 1.15. The van der Waals surface area contributed by atoms with E-state index in [1.807, 2.05) is 0 Å². The lowest BCUT2D eigenvalue weighted by molar-refractivity contribution is 0.601. The molecule has 2 aromatic rings. The molecular weight excluding hydrogens is 258 g/mol. The van der Waals surface area contributed by atoms with Crippen LogP contribution >= 0.6 is 0 Å². The van der Waals surface area contributed by atoms with Crippen molar-refractivity contribution >= 4 is 11.0 Å². The molecule has 3 heteroatoms. The Labute approximate surface area is 127 Å². The maximum atomic E-state index is 4.75. The number of hydrogen-bond acceptors (Lipinski definition) is 2. The monoisotopic (exact) mass is 283 g/mol. The van der Waals surface area contributed by atoms with Crippen molar-refractivity contribution in [3.8, 4) is 0 Å². The van der Waals surface area contributed by atoms with Gasteiger partial charge in [0.2, 0.25) is 0 Å². The second-order valence-corrected chi connectivity index (χ2v) is 5.80. The lowest BCUT2D eigenvalue weighted by Gasteiger charge is -2.13. The van der Waals surface area contributed by atoms with Crippen LogP contribution in [0.15, 0.2) is 35.9 Å². The number of aryl methyl sites for hydroxylation is 1. The number of rotatable bonds is 6. The smallest absolute Gasteiger partial charge is 0.123 e. The van der Waals surface area contributed by atoms with Crippen molar-refractivity contribution in [1.82, 2.24) is 14.9 Å². The minimum absolute atomic E-state index is 0.857. The van der Waals surface area contributed by atoms with Gasteiger partial charge in [-0.3, -0.25) is 0 Å². The topological polar surface area (TPSA) is 29.9 Å². The van der Waals surface area contributed by atoms with Crippen molar-refractivity contribution in [2.75, 3.05) is 6.54 Å². The quantitative estimate of drug-likeness (QED) is 0.640. The molecule has 0 bridgehead atoms. The Morgan fingerprint density at radius 1 is 1.24 bits per heavy atom. The highest BCUT2D eigenvalue weighted by molar-refractivity contribution is 5.75. The summed E-state index contributed by atoms with van der Waals surface area (Å²) in [6, 6.07) is 8.39. The molecule has 0 atom stereocenters. The van der Waals surface area contributed by atoms with Gasteiger partial charge in [0.1, 0.15) is 5.82 Å². The molecule has 0 radical (unpaired) electrons. The van der Waals surface area contributed by atoms with Gasteiger partial charge >= 0.3 is 0 Å². The SMILES string of the molecule is CCn1c(CNCCC2=CCCCC2)nc2ccccc21. The van der Waals surface area contributed by atoms with Gasteiger partial charge in [-0.15, -0.1) is 0 Å². The summed E-state index contributed by atoms with van der Waals surface area (Å²) in [4.78, 5) is 4.75. The van der Waals surface area contributed by atoms with E-state index >= 15 is 0 Å². The van der Waals surface area contributed by atoms with Gasteiger partial charge in [-0.1, -0.05) is 23.8 Å². The summed E-state index contributed by atoms with van der Waals surface area (Å²) in [6.45, 7) is 5.07. The first-order valence-corrected chi connectivity index (χ1v) is 8.21. The molecule has 0 spiro atoms. The van der Waals surface area contributed by atoms with Crippen LogP contribution in [-0.4, -0.2) is 16.1 Å². The molecule has 21 heavy (non-hydrogen) atoms. The lowest BCUT2D eigenvalue weighted by atomic mass is 9.97. The molecule has 0 fully saturated rings. The predicted octanol–water partition coefficient (Wildman–Crippen LogP) is 4.04. The van der Waals surface area contributed by atoms with E-state index in [4.69, 9.17) is 4.98 Å². The van der Waals surface area contributed by atoms with Crippen molar-refractivity contribution in [3.05, 3.63) is 41.7 Å². The molecule has 0 saturated heterocycles. The van der Waals surface area contributed by atoms with Gasteiger partial charge in [0, 0.05) is 6.54 Å². The maximum absolute atomic E-state index is 4.75. The van der Waals surface area contributed by atoms with E-state index in [1.165, 1.54) is 37.6 Å². The Morgan fingerprint density at radius 2 is 2.14 bits per heavy atom. The zero-order chi connectivity index (χ0) is 14.5. The van der Waals surface area contributed by atoms with Crippen LogP contribution < -0.4 is 5.32 Å². The van der Waals surface area contributed by atoms with Crippen molar-refractivity contribution in [2.24, 2.45) is 0 Å². The van der Waals surface area contributed by atoms with Gasteiger partial charge < -0.3 is 9.88 Å². The lowest BCUT2D eigenvalue weighted by Crippen LogP contribution is -2.18. The number of fused-ring (bicyclic) bond motifs is 1. The van der Waals surface area contributed by atoms with Gasteiger partial charge in [-0.2, -0.15) is 0 Å². The zero-order valence-corrected chi connectivity index (χ0v) is 12.9. The normalized spacial score (nSPS) is 15.4. The fraction of sp³-hybridized carbons (Fsp3) is 0.500. The minimum atomic E-state index is 0.857. The fourth-order valence-electron chi connectivity index (χ4n) is 3.19. The molecular formula is C18H25N3. The molecule has 1 aliphatic rings. The van der Waals surface area contributed by atoms with Gasteiger partial charge in [-0.05, 0) is 57.7 Å². The van der Waals surface area contributed by atoms with E-state index in [2.05, 4.69) is 47.1 Å². The predicted molar refractivity (Wildman–Crippen MR) is 88.3 cm³/mol.